The summed E-state index contributed by atoms with van der Waals surface area (Å²) in [6.07, 6.45) is 4.23. The first-order valence-corrected chi connectivity index (χ1v) is 8.18. The lowest BCUT2D eigenvalue weighted by Crippen LogP contribution is -2.47. The predicted octanol–water partition coefficient (Wildman–Crippen LogP) is 1.32. The summed E-state index contributed by atoms with van der Waals surface area (Å²) < 4.78 is 4.68. The van der Waals surface area contributed by atoms with Crippen LogP contribution in [0.25, 0.3) is 0 Å². The van der Waals surface area contributed by atoms with E-state index in [1.54, 1.807) is 0 Å². The molecule has 1 rings (SSSR count). The van der Waals surface area contributed by atoms with Crippen molar-refractivity contribution in [3.8, 4) is 0 Å². The van der Waals surface area contributed by atoms with Gasteiger partial charge in [0, 0.05) is 32.7 Å². The van der Waals surface area contributed by atoms with Crippen LogP contribution in [0.4, 0.5) is 0 Å². The van der Waals surface area contributed by atoms with Crippen LogP contribution in [0, 0.1) is 5.41 Å². The zero-order valence-corrected chi connectivity index (χ0v) is 14.1. The third kappa shape index (κ3) is 7.79. The van der Waals surface area contributed by atoms with E-state index in [9.17, 15) is 4.79 Å². The molecule has 1 aliphatic rings. The second kappa shape index (κ2) is 9.38. The molecule has 2 N–H and O–H groups in total. The molecule has 0 bridgehead atoms. The minimum atomic E-state index is -0.111. The lowest BCUT2D eigenvalue weighted by Gasteiger charge is -2.34. The molecule has 1 aliphatic heterocycles. The van der Waals surface area contributed by atoms with Crippen LogP contribution < -0.4 is 5.73 Å². The average Bonchev–Trinajstić information content (AvgIpc) is 2.50. The molecule has 0 spiro atoms. The average molecular weight is 299 g/mol. The first kappa shape index (κ1) is 18.4. The number of carbonyl (C=O) groups excluding carboxylic acids is 1. The topological polar surface area (TPSA) is 58.8 Å². The Kier molecular flexibility index (Phi) is 8.22. The van der Waals surface area contributed by atoms with E-state index in [0.29, 0.717) is 6.42 Å². The zero-order valence-electron chi connectivity index (χ0n) is 14.1. The molecule has 21 heavy (non-hydrogen) atoms. The molecule has 0 unspecified atom stereocenters. The van der Waals surface area contributed by atoms with Crippen LogP contribution in [0.15, 0.2) is 0 Å². The molecule has 0 aromatic carbocycles. The molecule has 0 atom stereocenters. The Morgan fingerprint density at radius 2 is 1.67 bits per heavy atom. The number of ether oxygens (including phenoxy) is 1. The molecule has 0 saturated carbocycles. The molecule has 5 nitrogen and oxygen atoms in total. The summed E-state index contributed by atoms with van der Waals surface area (Å²) in [6.45, 7) is 11.6. The third-order valence-corrected chi connectivity index (χ3v) is 4.46. The SMILES string of the molecule is COC(=O)CCN1CCN(CCCCC(C)(C)CN)CC1. The van der Waals surface area contributed by atoms with Crippen molar-refractivity contribution in [2.75, 3.05) is 52.9 Å². The Hall–Kier alpha value is -0.650. The molecule has 124 valence electrons. The van der Waals surface area contributed by atoms with Gasteiger partial charge in [-0.15, -0.1) is 0 Å². The van der Waals surface area contributed by atoms with Gasteiger partial charge in [-0.3, -0.25) is 4.79 Å². The number of rotatable bonds is 9. The van der Waals surface area contributed by atoms with Crippen molar-refractivity contribution >= 4 is 5.97 Å². The first-order valence-electron chi connectivity index (χ1n) is 8.18. The van der Waals surface area contributed by atoms with Gasteiger partial charge in [-0.05, 0) is 31.3 Å². The predicted molar refractivity (Wildman–Crippen MR) is 86.2 cm³/mol. The van der Waals surface area contributed by atoms with E-state index in [4.69, 9.17) is 5.73 Å². The van der Waals surface area contributed by atoms with Gasteiger partial charge in [0.2, 0.25) is 0 Å². The molecule has 0 amide bonds. The van der Waals surface area contributed by atoms with E-state index in [2.05, 4.69) is 28.4 Å². The number of methoxy groups -OCH3 is 1. The Balaban J connectivity index is 2.07. The summed E-state index contributed by atoms with van der Waals surface area (Å²) in [5.41, 5.74) is 6.04. The van der Waals surface area contributed by atoms with Crippen LogP contribution in [0.3, 0.4) is 0 Å². The Morgan fingerprint density at radius 3 is 2.19 bits per heavy atom. The number of nitrogens with zero attached hydrogens (tertiary/aromatic N) is 2. The van der Waals surface area contributed by atoms with Gasteiger partial charge >= 0.3 is 5.97 Å². The molecule has 0 radical (unpaired) electrons. The maximum Gasteiger partial charge on any atom is 0.306 e. The van der Waals surface area contributed by atoms with Crippen molar-refractivity contribution in [2.45, 2.75) is 39.5 Å². The minimum absolute atomic E-state index is 0.111. The summed E-state index contributed by atoms with van der Waals surface area (Å²) in [5, 5.41) is 0. The van der Waals surface area contributed by atoms with Crippen LogP contribution in [0.2, 0.25) is 0 Å². The van der Waals surface area contributed by atoms with E-state index >= 15 is 0 Å². The molecule has 0 aromatic rings. The second-order valence-corrected chi connectivity index (χ2v) is 6.83. The molecule has 1 saturated heterocycles. The number of piperazine rings is 1. The van der Waals surface area contributed by atoms with Crippen LogP contribution in [-0.2, 0) is 9.53 Å². The van der Waals surface area contributed by atoms with Gasteiger partial charge in [0.1, 0.15) is 0 Å². The molecule has 5 heteroatoms. The third-order valence-electron chi connectivity index (χ3n) is 4.46. The Morgan fingerprint density at radius 1 is 1.10 bits per heavy atom. The smallest absolute Gasteiger partial charge is 0.306 e. The molecule has 1 heterocycles. The fourth-order valence-electron chi connectivity index (χ4n) is 2.63. The van der Waals surface area contributed by atoms with Gasteiger partial charge in [0.25, 0.3) is 0 Å². The quantitative estimate of drug-likeness (QED) is 0.514. The van der Waals surface area contributed by atoms with Crippen LogP contribution in [0.5, 0.6) is 0 Å². The highest BCUT2D eigenvalue weighted by Crippen LogP contribution is 2.21. The van der Waals surface area contributed by atoms with E-state index < -0.39 is 0 Å². The maximum atomic E-state index is 11.1. The van der Waals surface area contributed by atoms with Crippen LogP contribution in [-0.4, -0.2) is 68.7 Å². The number of hydrogen-bond acceptors (Lipinski definition) is 5. The largest absolute Gasteiger partial charge is 0.469 e. The lowest BCUT2D eigenvalue weighted by molar-refractivity contribution is -0.141. The molecule has 0 aromatic heterocycles. The van der Waals surface area contributed by atoms with E-state index in [1.165, 1.54) is 32.9 Å². The Labute approximate surface area is 129 Å². The zero-order chi connectivity index (χ0) is 15.7. The van der Waals surface area contributed by atoms with Gasteiger partial charge in [-0.2, -0.15) is 0 Å². The van der Waals surface area contributed by atoms with Gasteiger partial charge in [-0.25, -0.2) is 0 Å². The van der Waals surface area contributed by atoms with Crippen molar-refractivity contribution < 1.29 is 9.53 Å². The monoisotopic (exact) mass is 299 g/mol. The van der Waals surface area contributed by atoms with Crippen molar-refractivity contribution in [3.05, 3.63) is 0 Å². The van der Waals surface area contributed by atoms with E-state index in [1.807, 2.05) is 0 Å². The Bertz CT molecular complexity index is 300. The van der Waals surface area contributed by atoms with Gasteiger partial charge in [0.05, 0.1) is 13.5 Å². The highest BCUT2D eigenvalue weighted by Gasteiger charge is 2.18. The molecular formula is C16H33N3O2. The van der Waals surface area contributed by atoms with Gasteiger partial charge in [0.15, 0.2) is 0 Å². The first-order chi connectivity index (χ1) is 9.96. The van der Waals surface area contributed by atoms with E-state index in [-0.39, 0.29) is 11.4 Å². The standard InChI is InChI=1S/C16H33N3O2/c1-16(2,14-17)7-4-5-8-18-10-12-19(13-11-18)9-6-15(20)21-3/h4-14,17H2,1-3H3. The van der Waals surface area contributed by atoms with Gasteiger partial charge < -0.3 is 20.3 Å². The summed E-state index contributed by atoms with van der Waals surface area (Å²) in [4.78, 5) is 16.0. The second-order valence-electron chi connectivity index (χ2n) is 6.83. The summed E-state index contributed by atoms with van der Waals surface area (Å²) >= 11 is 0. The molecule has 1 fully saturated rings. The number of unbranched alkanes of at least 4 members (excludes halogenated alkanes) is 1. The van der Waals surface area contributed by atoms with Crippen LogP contribution in [0.1, 0.15) is 39.5 Å². The number of esters is 1. The van der Waals surface area contributed by atoms with Crippen LogP contribution >= 0.6 is 0 Å². The van der Waals surface area contributed by atoms with Crippen molar-refractivity contribution in [1.29, 1.82) is 0 Å². The lowest BCUT2D eigenvalue weighted by atomic mass is 9.87. The normalized spacial score (nSPS) is 17.9. The fraction of sp³-hybridized carbons (Fsp3) is 0.938. The summed E-state index contributed by atoms with van der Waals surface area (Å²) in [7, 11) is 1.45. The fourth-order valence-corrected chi connectivity index (χ4v) is 2.63. The molecule has 0 aliphatic carbocycles. The van der Waals surface area contributed by atoms with Crippen molar-refractivity contribution in [2.24, 2.45) is 11.1 Å². The minimum Gasteiger partial charge on any atom is -0.469 e. The van der Waals surface area contributed by atoms with Gasteiger partial charge in [-0.1, -0.05) is 20.3 Å². The number of hydrogen-bond donors (Lipinski definition) is 1. The van der Waals surface area contributed by atoms with Crippen molar-refractivity contribution in [1.82, 2.24) is 9.80 Å². The summed E-state index contributed by atoms with van der Waals surface area (Å²) in [6, 6.07) is 0. The van der Waals surface area contributed by atoms with E-state index in [0.717, 1.165) is 39.3 Å². The molecular weight excluding hydrogens is 266 g/mol. The maximum absolute atomic E-state index is 11.1. The number of carbonyl (C=O) groups is 1. The van der Waals surface area contributed by atoms with Crippen molar-refractivity contribution in [3.63, 3.8) is 0 Å². The number of nitrogens with two attached hydrogens (primary N) is 1. The highest BCUT2D eigenvalue weighted by atomic mass is 16.5. The summed E-state index contributed by atoms with van der Waals surface area (Å²) in [5.74, 6) is -0.111. The highest BCUT2D eigenvalue weighted by molar-refractivity contribution is 5.69.